The van der Waals surface area contributed by atoms with Gasteiger partial charge < -0.3 is 40.3 Å². The maximum atomic E-state index is 13.0. The third kappa shape index (κ3) is 8.97. The number of carbonyl (C=O) groups excluding carboxylic acids is 2. The van der Waals surface area contributed by atoms with E-state index >= 15 is 0 Å². The van der Waals surface area contributed by atoms with E-state index in [0.29, 0.717) is 23.6 Å². The highest BCUT2D eigenvalue weighted by atomic mass is 16.6. The van der Waals surface area contributed by atoms with E-state index < -0.39 is 48.6 Å². The minimum atomic E-state index is -2.11. The first-order chi connectivity index (χ1) is 19.1. The van der Waals surface area contributed by atoms with Crippen LogP contribution in [0.25, 0.3) is 6.08 Å². The SMILES string of the molecule is CCCCCCCCOc1ccc(NC(=O)C2(O)CC(O)C(O)C(OC(=O)/C=C/c3ccc(O)c(O)c3)C2)cc1. The summed E-state index contributed by atoms with van der Waals surface area (Å²) in [6, 6.07) is 10.6. The number of nitrogens with one attached hydrogen (secondary N) is 1. The number of phenolic OH excluding ortho intramolecular Hbond substituents is 2. The Morgan fingerprint density at radius 1 is 0.975 bits per heavy atom. The van der Waals surface area contributed by atoms with Crippen LogP contribution in [0.4, 0.5) is 5.69 Å². The van der Waals surface area contributed by atoms with Crippen molar-refractivity contribution in [3.8, 4) is 17.2 Å². The first-order valence-electron chi connectivity index (χ1n) is 13.6. The van der Waals surface area contributed by atoms with E-state index in [1.165, 1.54) is 50.0 Å². The molecular formula is C30H39NO9. The Morgan fingerprint density at radius 2 is 1.68 bits per heavy atom. The van der Waals surface area contributed by atoms with Crippen LogP contribution in [0, 0.1) is 0 Å². The van der Waals surface area contributed by atoms with Crippen LogP contribution in [0.5, 0.6) is 17.2 Å². The molecule has 0 bridgehead atoms. The number of aromatic hydroxyl groups is 2. The molecule has 4 unspecified atom stereocenters. The fourth-order valence-corrected chi connectivity index (χ4v) is 4.50. The minimum absolute atomic E-state index is 0.315. The number of hydrogen-bond donors (Lipinski definition) is 6. The third-order valence-corrected chi connectivity index (χ3v) is 6.84. The highest BCUT2D eigenvalue weighted by molar-refractivity contribution is 5.97. The predicted octanol–water partition coefficient (Wildman–Crippen LogP) is 3.65. The van der Waals surface area contributed by atoms with Crippen molar-refractivity contribution >= 4 is 23.6 Å². The zero-order valence-electron chi connectivity index (χ0n) is 22.7. The van der Waals surface area contributed by atoms with Gasteiger partial charge in [-0.25, -0.2) is 4.79 Å². The Hall–Kier alpha value is -3.60. The van der Waals surface area contributed by atoms with Gasteiger partial charge in [0.25, 0.3) is 5.91 Å². The lowest BCUT2D eigenvalue weighted by Crippen LogP contribution is -2.58. The van der Waals surface area contributed by atoms with E-state index in [9.17, 15) is 35.1 Å². The largest absolute Gasteiger partial charge is 0.504 e. The molecule has 0 saturated heterocycles. The summed E-state index contributed by atoms with van der Waals surface area (Å²) in [5, 5.41) is 53.2. The average Bonchev–Trinajstić information content (AvgIpc) is 2.92. The van der Waals surface area contributed by atoms with Gasteiger partial charge in [-0.3, -0.25) is 4.79 Å². The summed E-state index contributed by atoms with van der Waals surface area (Å²) in [6.45, 7) is 2.78. The molecule has 1 fully saturated rings. The van der Waals surface area contributed by atoms with Crippen LogP contribution in [0.1, 0.15) is 63.9 Å². The number of hydrogen-bond acceptors (Lipinski definition) is 9. The quantitative estimate of drug-likeness (QED) is 0.0933. The van der Waals surface area contributed by atoms with Crippen LogP contribution < -0.4 is 10.1 Å². The van der Waals surface area contributed by atoms with Crippen molar-refractivity contribution in [1.29, 1.82) is 0 Å². The summed E-state index contributed by atoms with van der Waals surface area (Å²) in [4.78, 5) is 25.3. The molecule has 2 aromatic carbocycles. The molecular weight excluding hydrogens is 518 g/mol. The minimum Gasteiger partial charge on any atom is -0.504 e. The van der Waals surface area contributed by atoms with Gasteiger partial charge in [0.2, 0.25) is 0 Å². The molecule has 6 N–H and O–H groups in total. The number of aliphatic hydroxyl groups is 3. The Morgan fingerprint density at radius 3 is 2.38 bits per heavy atom. The van der Waals surface area contributed by atoms with Crippen LogP contribution in [0.3, 0.4) is 0 Å². The van der Waals surface area contributed by atoms with Gasteiger partial charge in [-0.2, -0.15) is 0 Å². The molecule has 0 heterocycles. The third-order valence-electron chi connectivity index (χ3n) is 6.84. The molecule has 0 aromatic heterocycles. The molecule has 1 aliphatic carbocycles. The molecule has 4 atom stereocenters. The Labute approximate surface area is 233 Å². The van der Waals surface area contributed by atoms with Gasteiger partial charge in [0.1, 0.15) is 23.6 Å². The lowest BCUT2D eigenvalue weighted by atomic mass is 9.79. The molecule has 1 amide bonds. The molecule has 10 nitrogen and oxygen atoms in total. The maximum absolute atomic E-state index is 13.0. The number of rotatable bonds is 13. The molecule has 3 rings (SSSR count). The van der Waals surface area contributed by atoms with Gasteiger partial charge in [0.05, 0.1) is 12.7 Å². The maximum Gasteiger partial charge on any atom is 0.331 e. The number of anilines is 1. The summed E-state index contributed by atoms with van der Waals surface area (Å²) in [6.07, 6.45) is 4.04. The standard InChI is InChI=1S/C30H39NO9/c1-2-3-4-5-6-7-16-39-22-12-10-21(11-13-22)31-29(37)30(38)18-25(34)28(36)26(19-30)40-27(35)15-9-20-8-14-23(32)24(33)17-20/h8-15,17,25-26,28,32-34,36,38H,2-7,16,18-19H2,1H3,(H,31,37)/b15-9+. The molecule has 218 valence electrons. The second kappa shape index (κ2) is 14.7. The fraction of sp³-hybridized carbons (Fsp3) is 0.467. The van der Waals surface area contributed by atoms with Gasteiger partial charge in [0, 0.05) is 24.6 Å². The van der Waals surface area contributed by atoms with Gasteiger partial charge >= 0.3 is 5.97 Å². The number of aliphatic hydroxyl groups excluding tert-OH is 2. The van der Waals surface area contributed by atoms with E-state index in [0.717, 1.165) is 18.9 Å². The predicted molar refractivity (Wildman–Crippen MR) is 149 cm³/mol. The van der Waals surface area contributed by atoms with Crippen molar-refractivity contribution in [2.24, 2.45) is 0 Å². The summed E-state index contributed by atoms with van der Waals surface area (Å²) in [5.74, 6) is -1.73. The van der Waals surface area contributed by atoms with Gasteiger partial charge in [-0.05, 0) is 54.5 Å². The van der Waals surface area contributed by atoms with E-state index in [1.807, 2.05) is 0 Å². The van der Waals surface area contributed by atoms with Crippen molar-refractivity contribution in [2.75, 3.05) is 11.9 Å². The number of phenols is 2. The van der Waals surface area contributed by atoms with Crippen molar-refractivity contribution in [3.63, 3.8) is 0 Å². The highest BCUT2D eigenvalue weighted by Gasteiger charge is 2.50. The van der Waals surface area contributed by atoms with Gasteiger partial charge in [-0.1, -0.05) is 45.1 Å². The Bertz CT molecular complexity index is 1150. The number of unbranched alkanes of at least 4 members (excludes halogenated alkanes) is 5. The molecule has 10 heteroatoms. The molecule has 40 heavy (non-hydrogen) atoms. The lowest BCUT2D eigenvalue weighted by molar-refractivity contribution is -0.184. The van der Waals surface area contributed by atoms with E-state index in [-0.39, 0.29) is 11.5 Å². The van der Waals surface area contributed by atoms with Crippen LogP contribution in [-0.4, -0.2) is 67.9 Å². The zero-order chi connectivity index (χ0) is 29.1. The number of carbonyl (C=O) groups is 2. The molecule has 0 aliphatic heterocycles. The Balaban J connectivity index is 1.53. The smallest absolute Gasteiger partial charge is 0.331 e. The monoisotopic (exact) mass is 557 g/mol. The van der Waals surface area contributed by atoms with Crippen molar-refractivity contribution < 1.29 is 44.6 Å². The van der Waals surface area contributed by atoms with Crippen LogP contribution in [0.15, 0.2) is 48.5 Å². The van der Waals surface area contributed by atoms with Crippen molar-refractivity contribution in [1.82, 2.24) is 0 Å². The number of ether oxygens (including phenoxy) is 2. The van der Waals surface area contributed by atoms with Gasteiger partial charge in [-0.15, -0.1) is 0 Å². The summed E-state index contributed by atoms with van der Waals surface area (Å²) in [5.41, 5.74) is -1.31. The molecule has 0 radical (unpaired) electrons. The molecule has 1 saturated carbocycles. The second-order valence-electron chi connectivity index (χ2n) is 10.1. The topological polar surface area (TPSA) is 166 Å². The number of esters is 1. The van der Waals surface area contributed by atoms with E-state index in [4.69, 9.17) is 9.47 Å². The van der Waals surface area contributed by atoms with Crippen LogP contribution in [0.2, 0.25) is 0 Å². The lowest BCUT2D eigenvalue weighted by Gasteiger charge is -2.40. The van der Waals surface area contributed by atoms with Crippen LogP contribution >= 0.6 is 0 Å². The fourth-order valence-electron chi connectivity index (χ4n) is 4.50. The van der Waals surface area contributed by atoms with Crippen molar-refractivity contribution in [2.45, 2.75) is 82.2 Å². The van der Waals surface area contributed by atoms with E-state index in [1.54, 1.807) is 24.3 Å². The first kappa shape index (κ1) is 30.9. The first-order valence-corrected chi connectivity index (χ1v) is 13.6. The second-order valence-corrected chi connectivity index (χ2v) is 10.1. The molecule has 1 aliphatic rings. The summed E-state index contributed by atoms with van der Waals surface area (Å²) >= 11 is 0. The Kier molecular flexibility index (Phi) is 11.4. The van der Waals surface area contributed by atoms with Crippen molar-refractivity contribution in [3.05, 3.63) is 54.1 Å². The molecule has 0 spiro atoms. The summed E-state index contributed by atoms with van der Waals surface area (Å²) < 4.78 is 11.0. The molecule has 2 aromatic rings. The highest BCUT2D eigenvalue weighted by Crippen LogP contribution is 2.33. The zero-order valence-corrected chi connectivity index (χ0v) is 22.7. The van der Waals surface area contributed by atoms with E-state index in [2.05, 4.69) is 12.2 Å². The van der Waals surface area contributed by atoms with Crippen LogP contribution in [-0.2, 0) is 14.3 Å². The number of amides is 1. The van der Waals surface area contributed by atoms with Gasteiger partial charge in [0.15, 0.2) is 11.5 Å². The number of benzene rings is 2. The average molecular weight is 558 g/mol. The summed E-state index contributed by atoms with van der Waals surface area (Å²) in [7, 11) is 0. The normalized spacial score (nSPS) is 22.6.